The average molecular weight is 505 g/mol. The summed E-state index contributed by atoms with van der Waals surface area (Å²) < 4.78 is 24.0. The minimum absolute atomic E-state index is 0.354. The molecule has 0 aromatic heterocycles. The Hall–Kier alpha value is -2.57. The van der Waals surface area contributed by atoms with E-state index in [2.05, 4.69) is 21.2 Å². The Kier molecular flexibility index (Phi) is 7.10. The van der Waals surface area contributed by atoms with E-state index in [1.54, 1.807) is 0 Å². The zero-order chi connectivity index (χ0) is 21.6. The number of nitrogens with one attached hydrogen (secondary N) is 1. The van der Waals surface area contributed by atoms with E-state index in [0.29, 0.717) is 49.5 Å². The maximum atomic E-state index is 6.25. The van der Waals surface area contributed by atoms with Gasteiger partial charge in [0.15, 0.2) is 23.0 Å². The van der Waals surface area contributed by atoms with E-state index in [1.807, 2.05) is 61.5 Å². The monoisotopic (exact) mass is 503 g/mol. The quantitative estimate of drug-likeness (QED) is 0.381. The highest BCUT2D eigenvalue weighted by Crippen LogP contribution is 2.38. The van der Waals surface area contributed by atoms with E-state index < -0.39 is 0 Å². The van der Waals surface area contributed by atoms with Crippen molar-refractivity contribution in [3.8, 4) is 23.0 Å². The van der Waals surface area contributed by atoms with Gasteiger partial charge in [0.1, 0.15) is 19.8 Å². The molecule has 0 fully saturated rings. The highest BCUT2D eigenvalue weighted by Gasteiger charge is 2.15. The number of ether oxygens (including phenoxy) is 4. The van der Waals surface area contributed by atoms with E-state index in [-0.39, 0.29) is 0 Å². The van der Waals surface area contributed by atoms with Gasteiger partial charge < -0.3 is 24.3 Å². The summed E-state index contributed by atoms with van der Waals surface area (Å²) in [5.74, 6) is 2.88. The van der Waals surface area contributed by atoms with Crippen LogP contribution in [0.15, 0.2) is 59.1 Å². The number of hydrogen-bond donors (Lipinski definition) is 1. The molecule has 0 radical (unpaired) electrons. The molecule has 5 nitrogen and oxygen atoms in total. The normalized spacial score (nSPS) is 12.4. The topological polar surface area (TPSA) is 49.0 Å². The van der Waals surface area contributed by atoms with Crippen molar-refractivity contribution in [3.63, 3.8) is 0 Å². The van der Waals surface area contributed by atoms with Gasteiger partial charge in [-0.2, -0.15) is 0 Å². The van der Waals surface area contributed by atoms with Crippen molar-refractivity contribution in [3.05, 3.63) is 75.2 Å². The van der Waals surface area contributed by atoms with Crippen LogP contribution in [0, 0.1) is 0 Å². The van der Waals surface area contributed by atoms with Gasteiger partial charge in [-0.05, 0) is 58.7 Å². The number of anilines is 1. The summed E-state index contributed by atoms with van der Waals surface area (Å²) in [6.07, 6.45) is 0. The molecule has 0 saturated heterocycles. The van der Waals surface area contributed by atoms with Crippen LogP contribution in [-0.2, 0) is 13.2 Å². The molecule has 0 spiro atoms. The van der Waals surface area contributed by atoms with Gasteiger partial charge in [-0.25, -0.2) is 0 Å². The number of fused-ring (bicyclic) bond motifs is 1. The minimum Gasteiger partial charge on any atom is -0.490 e. The molecule has 0 amide bonds. The van der Waals surface area contributed by atoms with Crippen molar-refractivity contribution in [1.29, 1.82) is 0 Å². The fourth-order valence-corrected chi connectivity index (χ4v) is 4.04. The van der Waals surface area contributed by atoms with Crippen molar-refractivity contribution in [1.82, 2.24) is 0 Å². The summed E-state index contributed by atoms with van der Waals surface area (Å²) in [5.41, 5.74) is 2.93. The fourth-order valence-electron chi connectivity index (χ4n) is 3.25. The van der Waals surface area contributed by atoms with Crippen LogP contribution < -0.4 is 24.3 Å². The Bertz CT molecular complexity index is 1060. The summed E-state index contributed by atoms with van der Waals surface area (Å²) in [6, 6.07) is 17.5. The van der Waals surface area contributed by atoms with Crippen LogP contribution in [0.1, 0.15) is 18.1 Å². The summed E-state index contributed by atoms with van der Waals surface area (Å²) in [6.45, 7) is 4.60. The van der Waals surface area contributed by atoms with Gasteiger partial charge in [-0.1, -0.05) is 29.8 Å². The van der Waals surface area contributed by atoms with Crippen molar-refractivity contribution in [2.75, 3.05) is 25.1 Å². The summed E-state index contributed by atoms with van der Waals surface area (Å²) in [4.78, 5) is 0. The van der Waals surface area contributed by atoms with Crippen molar-refractivity contribution >= 4 is 33.2 Å². The maximum absolute atomic E-state index is 6.25. The molecule has 3 aromatic rings. The van der Waals surface area contributed by atoms with Gasteiger partial charge in [0.2, 0.25) is 0 Å². The highest BCUT2D eigenvalue weighted by atomic mass is 79.9. The van der Waals surface area contributed by atoms with Crippen LogP contribution >= 0.6 is 27.5 Å². The number of halogens is 2. The summed E-state index contributed by atoms with van der Waals surface area (Å²) >= 11 is 9.89. The Morgan fingerprint density at radius 2 is 1.81 bits per heavy atom. The van der Waals surface area contributed by atoms with Crippen LogP contribution in [0.25, 0.3) is 0 Å². The Morgan fingerprint density at radius 3 is 2.61 bits per heavy atom. The second-order valence-corrected chi connectivity index (χ2v) is 8.19. The fraction of sp³-hybridized carbons (Fsp3) is 0.250. The number of hydrogen-bond acceptors (Lipinski definition) is 5. The highest BCUT2D eigenvalue weighted by molar-refractivity contribution is 9.10. The molecule has 0 aliphatic carbocycles. The van der Waals surface area contributed by atoms with Crippen LogP contribution in [0.3, 0.4) is 0 Å². The second-order valence-electron chi connectivity index (χ2n) is 6.93. The van der Waals surface area contributed by atoms with E-state index in [0.717, 1.165) is 32.8 Å². The Labute approximate surface area is 195 Å². The predicted molar refractivity (Wildman–Crippen MR) is 126 cm³/mol. The molecular weight excluding hydrogens is 482 g/mol. The van der Waals surface area contributed by atoms with Crippen LogP contribution in [0.5, 0.6) is 23.0 Å². The van der Waals surface area contributed by atoms with Gasteiger partial charge in [-0.3, -0.25) is 0 Å². The Balaban J connectivity index is 1.48. The molecule has 0 atom stereocenters. The molecule has 162 valence electrons. The SMILES string of the molecule is CCOc1cc(CNc2ccc3c(c2)OCCO3)cc(Br)c1OCc1ccccc1Cl. The van der Waals surface area contributed by atoms with Crippen molar-refractivity contribution in [2.45, 2.75) is 20.1 Å². The molecule has 1 aliphatic heterocycles. The van der Waals surface area contributed by atoms with Crippen LogP contribution in [-0.4, -0.2) is 19.8 Å². The molecular formula is C24H23BrClNO4. The number of rotatable bonds is 8. The van der Waals surface area contributed by atoms with Crippen molar-refractivity contribution < 1.29 is 18.9 Å². The molecule has 1 aliphatic rings. The standard InChI is InChI=1S/C24H23BrClNO4/c1-2-28-23-12-16(14-27-18-7-8-21-22(13-18)30-10-9-29-21)11-19(25)24(23)31-15-17-5-3-4-6-20(17)26/h3-8,11-13,27H,2,9-10,14-15H2,1H3. The molecule has 0 bridgehead atoms. The third-order valence-electron chi connectivity index (χ3n) is 4.74. The lowest BCUT2D eigenvalue weighted by Gasteiger charge is -2.19. The van der Waals surface area contributed by atoms with E-state index in [9.17, 15) is 0 Å². The van der Waals surface area contributed by atoms with Gasteiger partial charge >= 0.3 is 0 Å². The summed E-state index contributed by atoms with van der Waals surface area (Å²) in [5, 5.41) is 4.10. The lowest BCUT2D eigenvalue weighted by Crippen LogP contribution is -2.15. The van der Waals surface area contributed by atoms with Gasteiger partial charge in [0.25, 0.3) is 0 Å². The van der Waals surface area contributed by atoms with Crippen LogP contribution in [0.4, 0.5) is 5.69 Å². The first-order chi connectivity index (χ1) is 15.1. The molecule has 1 heterocycles. The third-order valence-corrected chi connectivity index (χ3v) is 5.70. The predicted octanol–water partition coefficient (Wildman–Crippen LogP) is 6.46. The van der Waals surface area contributed by atoms with E-state index in [1.165, 1.54) is 0 Å². The van der Waals surface area contributed by atoms with E-state index >= 15 is 0 Å². The second kappa shape index (κ2) is 10.2. The number of benzene rings is 3. The zero-order valence-corrected chi connectivity index (χ0v) is 19.5. The molecule has 3 aromatic carbocycles. The molecule has 31 heavy (non-hydrogen) atoms. The first-order valence-corrected chi connectivity index (χ1v) is 11.3. The van der Waals surface area contributed by atoms with E-state index in [4.69, 9.17) is 30.5 Å². The largest absolute Gasteiger partial charge is 0.490 e. The molecule has 7 heteroatoms. The average Bonchev–Trinajstić information content (AvgIpc) is 2.78. The molecule has 1 N–H and O–H groups in total. The lowest BCUT2D eigenvalue weighted by atomic mass is 10.2. The zero-order valence-electron chi connectivity index (χ0n) is 17.1. The minimum atomic E-state index is 0.354. The first kappa shape index (κ1) is 21.7. The van der Waals surface area contributed by atoms with Crippen molar-refractivity contribution in [2.24, 2.45) is 0 Å². The van der Waals surface area contributed by atoms with Gasteiger partial charge in [-0.15, -0.1) is 0 Å². The maximum Gasteiger partial charge on any atom is 0.175 e. The lowest BCUT2D eigenvalue weighted by molar-refractivity contribution is 0.171. The smallest absolute Gasteiger partial charge is 0.175 e. The van der Waals surface area contributed by atoms with Gasteiger partial charge in [0, 0.05) is 28.9 Å². The molecule has 0 saturated carbocycles. The third kappa shape index (κ3) is 5.38. The van der Waals surface area contributed by atoms with Gasteiger partial charge in [0.05, 0.1) is 11.1 Å². The molecule has 0 unspecified atom stereocenters. The Morgan fingerprint density at radius 1 is 1.00 bits per heavy atom. The van der Waals surface area contributed by atoms with Crippen LogP contribution in [0.2, 0.25) is 5.02 Å². The molecule has 4 rings (SSSR count). The summed E-state index contributed by atoms with van der Waals surface area (Å²) in [7, 11) is 0. The first-order valence-electron chi connectivity index (χ1n) is 10.1.